The van der Waals surface area contributed by atoms with Gasteiger partial charge in [0, 0.05) is 15.0 Å². The third-order valence-electron chi connectivity index (χ3n) is 2.66. The fourth-order valence-corrected chi connectivity index (χ4v) is 2.57. The molecule has 18 heavy (non-hydrogen) atoms. The first-order valence-electron chi connectivity index (χ1n) is 5.85. The van der Waals surface area contributed by atoms with E-state index < -0.39 is 0 Å². The van der Waals surface area contributed by atoms with Crippen molar-refractivity contribution in [2.24, 2.45) is 0 Å². The molecule has 0 heterocycles. The van der Waals surface area contributed by atoms with Gasteiger partial charge in [-0.2, -0.15) is 0 Å². The van der Waals surface area contributed by atoms with E-state index in [0.717, 1.165) is 22.8 Å². The second-order valence-electron chi connectivity index (χ2n) is 3.95. The van der Waals surface area contributed by atoms with Crippen LogP contribution in [0.25, 0.3) is 0 Å². The van der Waals surface area contributed by atoms with Crippen molar-refractivity contribution < 1.29 is 4.74 Å². The fourth-order valence-electron chi connectivity index (χ4n) is 1.83. The van der Waals surface area contributed by atoms with Gasteiger partial charge in [0.2, 0.25) is 0 Å². The van der Waals surface area contributed by atoms with E-state index in [1.54, 1.807) is 0 Å². The smallest absolute Gasteiger partial charge is 0.122 e. The first-order chi connectivity index (χ1) is 8.70. The largest absolute Gasteiger partial charge is 0.494 e. The van der Waals surface area contributed by atoms with Gasteiger partial charge < -0.3 is 4.74 Å². The molecular formula is C15H14ClIO. The maximum Gasteiger partial charge on any atom is 0.122 e. The first-order valence-corrected chi connectivity index (χ1v) is 7.31. The summed E-state index contributed by atoms with van der Waals surface area (Å²) in [5, 5.41) is 0.807. The van der Waals surface area contributed by atoms with Gasteiger partial charge in [-0.3, -0.25) is 0 Å². The summed E-state index contributed by atoms with van der Waals surface area (Å²) in [4.78, 5) is 0. The van der Waals surface area contributed by atoms with Crippen LogP contribution >= 0.6 is 34.2 Å². The Balaban J connectivity index is 2.30. The molecule has 0 amide bonds. The van der Waals surface area contributed by atoms with E-state index in [1.165, 1.54) is 9.13 Å². The quantitative estimate of drug-likeness (QED) is 0.691. The van der Waals surface area contributed by atoms with Gasteiger partial charge >= 0.3 is 0 Å². The molecule has 2 rings (SSSR count). The van der Waals surface area contributed by atoms with Crippen LogP contribution < -0.4 is 4.74 Å². The molecule has 0 aliphatic carbocycles. The maximum atomic E-state index is 6.23. The number of benzene rings is 2. The van der Waals surface area contributed by atoms with E-state index >= 15 is 0 Å². The molecule has 2 aromatic carbocycles. The van der Waals surface area contributed by atoms with Gasteiger partial charge in [-0.05, 0) is 64.9 Å². The average molecular weight is 373 g/mol. The molecule has 0 bridgehead atoms. The zero-order chi connectivity index (χ0) is 13.0. The van der Waals surface area contributed by atoms with Crippen molar-refractivity contribution in [3.63, 3.8) is 0 Å². The molecule has 1 nitrogen and oxygen atoms in total. The number of para-hydroxylation sites is 1. The Hall–Kier alpha value is -0.740. The van der Waals surface area contributed by atoms with Crippen LogP contribution in [0.3, 0.4) is 0 Å². The van der Waals surface area contributed by atoms with Crippen molar-refractivity contribution >= 4 is 34.2 Å². The van der Waals surface area contributed by atoms with Gasteiger partial charge in [0.05, 0.1) is 6.61 Å². The summed E-state index contributed by atoms with van der Waals surface area (Å²) in [6.07, 6.45) is 0.797. The van der Waals surface area contributed by atoms with Gasteiger partial charge in [0.25, 0.3) is 0 Å². The van der Waals surface area contributed by atoms with Crippen LogP contribution in [0.5, 0.6) is 5.75 Å². The van der Waals surface area contributed by atoms with E-state index in [-0.39, 0.29) is 0 Å². The Morgan fingerprint density at radius 1 is 1.11 bits per heavy atom. The molecule has 0 aromatic heterocycles. The van der Waals surface area contributed by atoms with Crippen LogP contribution in [-0.2, 0) is 6.42 Å². The van der Waals surface area contributed by atoms with Gasteiger partial charge in [-0.25, -0.2) is 0 Å². The molecule has 0 unspecified atom stereocenters. The number of halogens is 2. The molecule has 0 saturated heterocycles. The second-order valence-corrected chi connectivity index (χ2v) is 5.61. The summed E-state index contributed by atoms with van der Waals surface area (Å²) < 4.78 is 6.83. The maximum absolute atomic E-state index is 6.23. The van der Waals surface area contributed by atoms with Crippen LogP contribution in [-0.4, -0.2) is 6.61 Å². The molecule has 0 radical (unpaired) electrons. The summed E-state index contributed by atoms with van der Waals surface area (Å²) in [6, 6.07) is 14.2. The first kappa shape index (κ1) is 13.7. The lowest BCUT2D eigenvalue weighted by Gasteiger charge is -2.11. The molecule has 3 heteroatoms. The predicted molar refractivity (Wildman–Crippen MR) is 84.6 cm³/mol. The highest BCUT2D eigenvalue weighted by Crippen LogP contribution is 2.26. The monoisotopic (exact) mass is 372 g/mol. The number of ether oxygens (including phenoxy) is 1. The van der Waals surface area contributed by atoms with Crippen molar-refractivity contribution in [1.29, 1.82) is 0 Å². The normalized spacial score (nSPS) is 10.4. The number of hydrogen-bond acceptors (Lipinski definition) is 1. The Bertz CT molecular complexity index is 540. The summed E-state index contributed by atoms with van der Waals surface area (Å²) in [5.41, 5.74) is 2.30. The molecule has 2 aromatic rings. The minimum Gasteiger partial charge on any atom is -0.494 e. The molecule has 0 spiro atoms. The minimum atomic E-state index is 0.678. The summed E-state index contributed by atoms with van der Waals surface area (Å²) in [5.74, 6) is 0.940. The van der Waals surface area contributed by atoms with Crippen molar-refractivity contribution in [2.45, 2.75) is 13.3 Å². The van der Waals surface area contributed by atoms with Gasteiger partial charge in [0.1, 0.15) is 5.75 Å². The second kappa shape index (κ2) is 6.43. The third-order valence-corrected chi connectivity index (χ3v) is 3.70. The van der Waals surface area contributed by atoms with Crippen LogP contribution in [0.2, 0.25) is 5.02 Å². The lowest BCUT2D eigenvalue weighted by atomic mass is 10.0. The Morgan fingerprint density at radius 3 is 2.67 bits per heavy atom. The summed E-state index contributed by atoms with van der Waals surface area (Å²) >= 11 is 8.53. The van der Waals surface area contributed by atoms with Crippen LogP contribution in [0.15, 0.2) is 42.5 Å². The standard InChI is InChI=1S/C15H14ClIO/c1-2-18-15-6-4-3-5-11(15)9-12-10-13(17)7-8-14(12)16/h3-8,10H,2,9H2,1H3. The lowest BCUT2D eigenvalue weighted by Crippen LogP contribution is -1.98. The zero-order valence-electron chi connectivity index (χ0n) is 10.1. The van der Waals surface area contributed by atoms with Crippen molar-refractivity contribution in [2.75, 3.05) is 6.61 Å². The molecular weight excluding hydrogens is 359 g/mol. The van der Waals surface area contributed by atoms with Crippen LogP contribution in [0.1, 0.15) is 18.1 Å². The van der Waals surface area contributed by atoms with E-state index in [2.05, 4.69) is 34.7 Å². The topological polar surface area (TPSA) is 9.23 Å². The van der Waals surface area contributed by atoms with Gasteiger partial charge in [0.15, 0.2) is 0 Å². The van der Waals surface area contributed by atoms with Crippen molar-refractivity contribution in [3.8, 4) is 5.75 Å². The molecule has 0 aliphatic heterocycles. The molecule has 0 saturated carbocycles. The summed E-state index contributed by atoms with van der Waals surface area (Å²) in [6.45, 7) is 2.67. The molecule has 0 N–H and O–H groups in total. The van der Waals surface area contributed by atoms with E-state index in [4.69, 9.17) is 16.3 Å². The Labute approximate surface area is 126 Å². The fraction of sp³-hybridized carbons (Fsp3) is 0.200. The van der Waals surface area contributed by atoms with Crippen LogP contribution in [0, 0.1) is 3.57 Å². The SMILES string of the molecule is CCOc1ccccc1Cc1cc(I)ccc1Cl. The molecule has 94 valence electrons. The predicted octanol–water partition coefficient (Wildman–Crippen LogP) is 4.93. The lowest BCUT2D eigenvalue weighted by molar-refractivity contribution is 0.337. The van der Waals surface area contributed by atoms with E-state index in [1.807, 2.05) is 37.3 Å². The van der Waals surface area contributed by atoms with E-state index in [9.17, 15) is 0 Å². The zero-order valence-corrected chi connectivity index (χ0v) is 13.0. The number of hydrogen-bond donors (Lipinski definition) is 0. The van der Waals surface area contributed by atoms with Gasteiger partial charge in [-0.15, -0.1) is 0 Å². The Kier molecular flexibility index (Phi) is 4.89. The van der Waals surface area contributed by atoms with Gasteiger partial charge in [-0.1, -0.05) is 29.8 Å². The van der Waals surface area contributed by atoms with Crippen molar-refractivity contribution in [3.05, 3.63) is 62.2 Å². The highest BCUT2D eigenvalue weighted by molar-refractivity contribution is 14.1. The Morgan fingerprint density at radius 2 is 1.89 bits per heavy atom. The highest BCUT2D eigenvalue weighted by atomic mass is 127. The van der Waals surface area contributed by atoms with E-state index in [0.29, 0.717) is 6.61 Å². The third kappa shape index (κ3) is 3.39. The van der Waals surface area contributed by atoms with Crippen molar-refractivity contribution in [1.82, 2.24) is 0 Å². The van der Waals surface area contributed by atoms with Crippen LogP contribution in [0.4, 0.5) is 0 Å². The average Bonchev–Trinajstić information content (AvgIpc) is 2.36. The molecule has 0 aliphatic rings. The molecule has 0 fully saturated rings. The number of rotatable bonds is 4. The summed E-state index contributed by atoms with van der Waals surface area (Å²) in [7, 11) is 0. The highest BCUT2D eigenvalue weighted by Gasteiger charge is 2.07. The minimum absolute atomic E-state index is 0.678. The molecule has 0 atom stereocenters.